The van der Waals surface area contributed by atoms with Gasteiger partial charge in [-0.2, -0.15) is 0 Å². The van der Waals surface area contributed by atoms with Crippen LogP contribution in [0.4, 0.5) is 5.69 Å². The summed E-state index contributed by atoms with van der Waals surface area (Å²) in [6, 6.07) is 9.81. The van der Waals surface area contributed by atoms with Crippen LogP contribution in [0.1, 0.15) is 12.8 Å². The summed E-state index contributed by atoms with van der Waals surface area (Å²) >= 11 is 0. The molecular formula is C14H21N3O. The van der Waals surface area contributed by atoms with Gasteiger partial charge in [-0.3, -0.25) is 0 Å². The second kappa shape index (κ2) is 6.40. The summed E-state index contributed by atoms with van der Waals surface area (Å²) in [6.07, 6.45) is 2.23. The fourth-order valence-corrected chi connectivity index (χ4v) is 2.13. The summed E-state index contributed by atoms with van der Waals surface area (Å²) in [4.78, 5) is 6.44. The van der Waals surface area contributed by atoms with E-state index in [1.165, 1.54) is 0 Å². The molecule has 18 heavy (non-hydrogen) atoms. The zero-order chi connectivity index (χ0) is 12.8. The first kappa shape index (κ1) is 12.9. The number of ether oxygens (including phenoxy) is 1. The number of nitrogens with two attached hydrogens (primary N) is 1. The van der Waals surface area contributed by atoms with Gasteiger partial charge in [0, 0.05) is 26.8 Å². The van der Waals surface area contributed by atoms with Gasteiger partial charge in [0.25, 0.3) is 0 Å². The molecule has 0 bridgehead atoms. The zero-order valence-electron chi connectivity index (χ0n) is 10.9. The number of guanidine groups is 1. The Balaban J connectivity index is 1.91. The number of hydrogen-bond acceptors (Lipinski definition) is 2. The predicted octanol–water partition coefficient (Wildman–Crippen LogP) is 1.99. The van der Waals surface area contributed by atoms with Crippen molar-refractivity contribution in [3.05, 3.63) is 30.3 Å². The van der Waals surface area contributed by atoms with E-state index in [1.807, 2.05) is 42.3 Å². The predicted molar refractivity (Wildman–Crippen MR) is 73.9 cm³/mol. The van der Waals surface area contributed by atoms with Crippen molar-refractivity contribution < 1.29 is 4.74 Å². The van der Waals surface area contributed by atoms with E-state index in [1.54, 1.807) is 0 Å². The van der Waals surface area contributed by atoms with Gasteiger partial charge in [-0.15, -0.1) is 0 Å². The molecule has 98 valence electrons. The number of aliphatic imine (C=N–C) groups is 1. The van der Waals surface area contributed by atoms with Gasteiger partial charge in [0.2, 0.25) is 0 Å². The number of para-hydroxylation sites is 1. The summed E-state index contributed by atoms with van der Waals surface area (Å²) in [7, 11) is 2.00. The first-order valence-corrected chi connectivity index (χ1v) is 6.44. The molecule has 4 nitrogen and oxygen atoms in total. The van der Waals surface area contributed by atoms with Crippen LogP contribution in [0.3, 0.4) is 0 Å². The second-order valence-corrected chi connectivity index (χ2v) is 4.74. The zero-order valence-corrected chi connectivity index (χ0v) is 10.9. The smallest absolute Gasteiger partial charge is 0.196 e. The summed E-state index contributed by atoms with van der Waals surface area (Å²) in [5.41, 5.74) is 6.91. The van der Waals surface area contributed by atoms with Crippen LogP contribution in [0, 0.1) is 5.92 Å². The van der Waals surface area contributed by atoms with E-state index in [0.717, 1.165) is 38.3 Å². The van der Waals surface area contributed by atoms with Crippen molar-refractivity contribution in [2.24, 2.45) is 16.6 Å². The SMILES string of the molecule is CN(CC1CCOCC1)C(N)=Nc1ccccc1. The van der Waals surface area contributed by atoms with Crippen molar-refractivity contribution in [1.29, 1.82) is 0 Å². The van der Waals surface area contributed by atoms with Crippen LogP contribution in [0.5, 0.6) is 0 Å². The van der Waals surface area contributed by atoms with Crippen molar-refractivity contribution in [2.45, 2.75) is 12.8 Å². The van der Waals surface area contributed by atoms with E-state index in [9.17, 15) is 0 Å². The fraction of sp³-hybridized carbons (Fsp3) is 0.500. The quantitative estimate of drug-likeness (QED) is 0.656. The van der Waals surface area contributed by atoms with E-state index in [-0.39, 0.29) is 0 Å². The number of benzene rings is 1. The van der Waals surface area contributed by atoms with Crippen LogP contribution < -0.4 is 5.73 Å². The molecule has 1 aliphatic heterocycles. The van der Waals surface area contributed by atoms with Gasteiger partial charge in [0.05, 0.1) is 5.69 Å². The van der Waals surface area contributed by atoms with E-state index >= 15 is 0 Å². The molecule has 0 aromatic heterocycles. The lowest BCUT2D eigenvalue weighted by Gasteiger charge is -2.27. The average molecular weight is 247 g/mol. The standard InChI is InChI=1S/C14H21N3O/c1-17(11-12-7-9-18-10-8-12)14(15)16-13-5-3-2-4-6-13/h2-6,12H,7-11H2,1H3,(H2,15,16). The highest BCUT2D eigenvalue weighted by Crippen LogP contribution is 2.16. The minimum atomic E-state index is 0.577. The minimum absolute atomic E-state index is 0.577. The van der Waals surface area contributed by atoms with E-state index in [0.29, 0.717) is 11.9 Å². The lowest BCUT2D eigenvalue weighted by Crippen LogP contribution is -2.38. The molecule has 0 saturated carbocycles. The summed E-state index contributed by atoms with van der Waals surface area (Å²) in [5.74, 6) is 1.24. The molecule has 1 aliphatic rings. The maximum atomic E-state index is 6.01. The van der Waals surface area contributed by atoms with Crippen LogP contribution in [-0.2, 0) is 4.74 Å². The Morgan fingerprint density at radius 1 is 1.33 bits per heavy atom. The van der Waals surface area contributed by atoms with Gasteiger partial charge in [0.1, 0.15) is 0 Å². The van der Waals surface area contributed by atoms with Crippen molar-refractivity contribution in [3.63, 3.8) is 0 Å². The highest BCUT2D eigenvalue weighted by molar-refractivity contribution is 5.80. The van der Waals surface area contributed by atoms with Crippen LogP contribution >= 0.6 is 0 Å². The molecule has 1 fully saturated rings. The molecule has 2 N–H and O–H groups in total. The van der Waals surface area contributed by atoms with Crippen molar-refractivity contribution in [3.8, 4) is 0 Å². The van der Waals surface area contributed by atoms with Crippen LogP contribution in [0.25, 0.3) is 0 Å². The molecule has 0 spiro atoms. The Hall–Kier alpha value is -1.55. The van der Waals surface area contributed by atoms with E-state index in [4.69, 9.17) is 10.5 Å². The molecule has 1 saturated heterocycles. The first-order valence-electron chi connectivity index (χ1n) is 6.44. The summed E-state index contributed by atoms with van der Waals surface area (Å²) in [6.45, 7) is 2.69. The van der Waals surface area contributed by atoms with E-state index in [2.05, 4.69) is 4.99 Å². The van der Waals surface area contributed by atoms with Crippen LogP contribution in [0.2, 0.25) is 0 Å². The maximum Gasteiger partial charge on any atom is 0.196 e. The van der Waals surface area contributed by atoms with Gasteiger partial charge in [0.15, 0.2) is 5.96 Å². The monoisotopic (exact) mass is 247 g/mol. The Kier molecular flexibility index (Phi) is 4.59. The third-order valence-electron chi connectivity index (χ3n) is 3.26. The fourth-order valence-electron chi connectivity index (χ4n) is 2.13. The molecule has 0 aliphatic carbocycles. The topological polar surface area (TPSA) is 50.9 Å². The van der Waals surface area contributed by atoms with Gasteiger partial charge in [-0.05, 0) is 30.9 Å². The molecule has 0 atom stereocenters. The third-order valence-corrected chi connectivity index (χ3v) is 3.26. The minimum Gasteiger partial charge on any atom is -0.381 e. The Bertz CT molecular complexity index is 385. The normalized spacial score (nSPS) is 17.7. The third kappa shape index (κ3) is 3.74. The molecule has 1 aromatic rings. The Labute approximate surface area is 108 Å². The first-order chi connectivity index (χ1) is 8.75. The highest BCUT2D eigenvalue weighted by Gasteiger charge is 2.16. The van der Waals surface area contributed by atoms with Crippen molar-refractivity contribution in [1.82, 2.24) is 4.90 Å². The molecular weight excluding hydrogens is 226 g/mol. The second-order valence-electron chi connectivity index (χ2n) is 4.74. The van der Waals surface area contributed by atoms with Crippen molar-refractivity contribution >= 4 is 11.6 Å². The van der Waals surface area contributed by atoms with Crippen LogP contribution in [-0.4, -0.2) is 37.7 Å². The molecule has 0 amide bonds. The van der Waals surface area contributed by atoms with Gasteiger partial charge >= 0.3 is 0 Å². The Morgan fingerprint density at radius 3 is 2.67 bits per heavy atom. The number of nitrogens with zero attached hydrogens (tertiary/aromatic N) is 2. The lowest BCUT2D eigenvalue weighted by molar-refractivity contribution is 0.0611. The molecule has 1 heterocycles. The number of rotatable bonds is 3. The molecule has 2 rings (SSSR count). The molecule has 0 radical (unpaired) electrons. The van der Waals surface area contributed by atoms with Gasteiger partial charge < -0.3 is 15.4 Å². The molecule has 0 unspecified atom stereocenters. The summed E-state index contributed by atoms with van der Waals surface area (Å²) < 4.78 is 5.36. The Morgan fingerprint density at radius 2 is 2.00 bits per heavy atom. The van der Waals surface area contributed by atoms with Crippen molar-refractivity contribution in [2.75, 3.05) is 26.8 Å². The van der Waals surface area contributed by atoms with Gasteiger partial charge in [-0.1, -0.05) is 18.2 Å². The highest BCUT2D eigenvalue weighted by atomic mass is 16.5. The molecule has 1 aromatic carbocycles. The lowest BCUT2D eigenvalue weighted by atomic mass is 10.00. The maximum absolute atomic E-state index is 6.01. The van der Waals surface area contributed by atoms with Gasteiger partial charge in [-0.25, -0.2) is 4.99 Å². The summed E-state index contributed by atoms with van der Waals surface area (Å²) in [5, 5.41) is 0. The van der Waals surface area contributed by atoms with Crippen LogP contribution in [0.15, 0.2) is 35.3 Å². The largest absolute Gasteiger partial charge is 0.381 e. The average Bonchev–Trinajstić information content (AvgIpc) is 2.41. The number of hydrogen-bond donors (Lipinski definition) is 1. The molecule has 4 heteroatoms. The van der Waals surface area contributed by atoms with E-state index < -0.39 is 0 Å².